The molecule has 2 aromatic rings. The molecule has 27 heavy (non-hydrogen) atoms. The van der Waals surface area contributed by atoms with Gasteiger partial charge in [0.15, 0.2) is 5.69 Å². The molecule has 1 saturated carbocycles. The van der Waals surface area contributed by atoms with Gasteiger partial charge in [0.25, 0.3) is 0 Å². The zero-order valence-electron chi connectivity index (χ0n) is 16.7. The molecule has 2 fully saturated rings. The first-order chi connectivity index (χ1) is 13.1. The van der Waals surface area contributed by atoms with Gasteiger partial charge < -0.3 is 15.0 Å². The number of aromatic hydroxyl groups is 1. The Hall–Kier alpha value is -1.88. The van der Waals surface area contributed by atoms with Gasteiger partial charge in [0.1, 0.15) is 0 Å². The largest absolute Gasteiger partial charge is 0.493 e. The van der Waals surface area contributed by atoms with Crippen molar-refractivity contribution in [3.63, 3.8) is 0 Å². The lowest BCUT2D eigenvalue weighted by Gasteiger charge is -2.25. The smallest absolute Gasteiger partial charge is 0.222 e. The van der Waals surface area contributed by atoms with Gasteiger partial charge in [-0.15, -0.1) is 4.91 Å². The summed E-state index contributed by atoms with van der Waals surface area (Å²) < 4.78 is 1.85. The van der Waals surface area contributed by atoms with Crippen molar-refractivity contribution in [3.8, 4) is 5.88 Å². The monoisotopic (exact) mass is 371 g/mol. The molecule has 0 amide bonds. The minimum Gasteiger partial charge on any atom is -0.493 e. The van der Waals surface area contributed by atoms with Crippen LogP contribution in [0.5, 0.6) is 5.88 Å². The van der Waals surface area contributed by atoms with E-state index in [1.165, 1.54) is 32.1 Å². The van der Waals surface area contributed by atoms with Crippen molar-refractivity contribution in [2.75, 3.05) is 13.1 Å². The molecular weight excluding hydrogens is 338 g/mol. The van der Waals surface area contributed by atoms with Crippen LogP contribution in [0.3, 0.4) is 0 Å². The molecule has 2 aliphatic rings. The molecule has 0 spiro atoms. The van der Waals surface area contributed by atoms with E-state index in [9.17, 15) is 10.0 Å². The normalized spacial score (nSPS) is 19.1. The summed E-state index contributed by atoms with van der Waals surface area (Å²) in [6.45, 7) is 6.58. The SMILES string of the molecule is CC(C)C1CCCCC1.O=Nc1c(O)n(C2CCNCC2)c2ccccc12. The fourth-order valence-corrected chi connectivity index (χ4v) is 4.56. The van der Waals surface area contributed by atoms with Gasteiger partial charge >= 0.3 is 0 Å². The third-order valence-corrected chi connectivity index (χ3v) is 6.22. The second-order valence-electron chi connectivity index (χ2n) is 8.27. The molecule has 1 saturated heterocycles. The molecule has 0 radical (unpaired) electrons. The molecule has 1 aromatic carbocycles. The lowest BCUT2D eigenvalue weighted by atomic mass is 9.82. The van der Waals surface area contributed by atoms with Crippen molar-refractivity contribution in [3.05, 3.63) is 29.2 Å². The minimum absolute atomic E-state index is 0.00176. The first-order valence-electron chi connectivity index (χ1n) is 10.5. The van der Waals surface area contributed by atoms with Gasteiger partial charge in [-0.05, 0) is 49.0 Å². The Morgan fingerprint density at radius 3 is 2.33 bits per heavy atom. The van der Waals surface area contributed by atoms with Gasteiger partial charge in [0.2, 0.25) is 5.88 Å². The van der Waals surface area contributed by atoms with Gasteiger partial charge in [0, 0.05) is 11.4 Å². The number of nitroso groups, excluding NO2 is 1. The van der Waals surface area contributed by atoms with E-state index >= 15 is 0 Å². The van der Waals surface area contributed by atoms with Crippen LogP contribution in [0.1, 0.15) is 64.8 Å². The zero-order chi connectivity index (χ0) is 19.2. The van der Waals surface area contributed by atoms with Crippen LogP contribution >= 0.6 is 0 Å². The van der Waals surface area contributed by atoms with Crippen LogP contribution in [0.25, 0.3) is 10.9 Å². The summed E-state index contributed by atoms with van der Waals surface area (Å²) in [6, 6.07) is 7.73. The Bertz CT molecular complexity index is 741. The van der Waals surface area contributed by atoms with Crippen LogP contribution in [-0.4, -0.2) is 22.8 Å². The number of para-hydroxylation sites is 1. The van der Waals surface area contributed by atoms with Crippen LogP contribution in [-0.2, 0) is 0 Å². The molecule has 2 N–H and O–H groups in total. The number of piperidine rings is 1. The predicted molar refractivity (Wildman–Crippen MR) is 112 cm³/mol. The maximum atomic E-state index is 10.9. The van der Waals surface area contributed by atoms with Gasteiger partial charge in [-0.3, -0.25) is 0 Å². The number of nitrogens with zero attached hydrogens (tertiary/aromatic N) is 2. The number of aromatic nitrogens is 1. The standard InChI is InChI=1S/C13H15N3O2.C9H18/c17-13-12(15-18)10-3-1-2-4-11(10)16(13)9-5-7-14-8-6-9;1-8(2)9-6-4-3-5-7-9/h1-4,9,14,17H,5-8H2;8-9H,3-7H2,1-2H3. The average molecular weight is 372 g/mol. The molecule has 0 bridgehead atoms. The molecule has 5 heteroatoms. The molecule has 2 heterocycles. The summed E-state index contributed by atoms with van der Waals surface area (Å²) in [5.41, 5.74) is 1.04. The maximum absolute atomic E-state index is 10.9. The van der Waals surface area contributed by atoms with Crippen LogP contribution in [0.2, 0.25) is 0 Å². The van der Waals surface area contributed by atoms with Crippen LogP contribution in [0.4, 0.5) is 5.69 Å². The van der Waals surface area contributed by atoms with Crippen molar-refractivity contribution in [1.29, 1.82) is 0 Å². The Morgan fingerprint density at radius 1 is 1.07 bits per heavy atom. The van der Waals surface area contributed by atoms with Crippen LogP contribution in [0, 0.1) is 16.7 Å². The van der Waals surface area contributed by atoms with E-state index in [2.05, 4.69) is 24.3 Å². The molecule has 5 nitrogen and oxygen atoms in total. The number of fused-ring (bicyclic) bond motifs is 1. The zero-order valence-corrected chi connectivity index (χ0v) is 16.7. The van der Waals surface area contributed by atoms with Crippen LogP contribution < -0.4 is 5.32 Å². The molecular formula is C22H33N3O2. The fourth-order valence-electron chi connectivity index (χ4n) is 4.56. The molecule has 1 aromatic heterocycles. The maximum Gasteiger partial charge on any atom is 0.222 e. The Morgan fingerprint density at radius 2 is 1.74 bits per heavy atom. The second-order valence-corrected chi connectivity index (χ2v) is 8.27. The first kappa shape index (κ1) is 19.9. The molecule has 0 atom stereocenters. The molecule has 1 aliphatic carbocycles. The van der Waals surface area contributed by atoms with Crippen molar-refractivity contribution in [2.24, 2.45) is 17.0 Å². The van der Waals surface area contributed by atoms with Crippen molar-refractivity contribution in [2.45, 2.75) is 64.8 Å². The number of rotatable bonds is 3. The molecule has 4 rings (SSSR count). The quantitative estimate of drug-likeness (QED) is 0.661. The highest BCUT2D eigenvalue weighted by Gasteiger charge is 2.24. The summed E-state index contributed by atoms with van der Waals surface area (Å²) >= 11 is 0. The van der Waals surface area contributed by atoms with E-state index in [1.54, 1.807) is 0 Å². The van der Waals surface area contributed by atoms with Crippen molar-refractivity contribution in [1.82, 2.24) is 9.88 Å². The van der Waals surface area contributed by atoms with Gasteiger partial charge in [-0.25, -0.2) is 0 Å². The molecule has 0 unspecified atom stereocenters. The van der Waals surface area contributed by atoms with Crippen LogP contribution in [0.15, 0.2) is 29.4 Å². The van der Waals surface area contributed by atoms with E-state index in [4.69, 9.17) is 0 Å². The number of nitrogens with one attached hydrogen (secondary N) is 1. The van der Waals surface area contributed by atoms with Gasteiger partial charge in [-0.1, -0.05) is 64.2 Å². The van der Waals surface area contributed by atoms with Gasteiger partial charge in [0.05, 0.1) is 5.52 Å². The summed E-state index contributed by atoms with van der Waals surface area (Å²) in [4.78, 5) is 10.9. The Labute approximate surface area is 162 Å². The topological polar surface area (TPSA) is 66.6 Å². The highest BCUT2D eigenvalue weighted by Crippen LogP contribution is 2.42. The fraction of sp³-hybridized carbons (Fsp3) is 0.636. The van der Waals surface area contributed by atoms with E-state index in [-0.39, 0.29) is 17.6 Å². The summed E-state index contributed by atoms with van der Waals surface area (Å²) in [5, 5.41) is 17.2. The van der Waals surface area contributed by atoms with Gasteiger partial charge in [-0.2, -0.15) is 0 Å². The predicted octanol–water partition coefficient (Wildman–Crippen LogP) is 5.89. The molecule has 148 valence electrons. The summed E-state index contributed by atoms with van der Waals surface area (Å²) in [6.07, 6.45) is 9.36. The van der Waals surface area contributed by atoms with Crippen molar-refractivity contribution < 1.29 is 5.11 Å². The summed E-state index contributed by atoms with van der Waals surface area (Å²) in [7, 11) is 0. The number of hydrogen-bond donors (Lipinski definition) is 2. The molecule has 1 aliphatic heterocycles. The van der Waals surface area contributed by atoms with E-state index in [0.717, 1.165) is 48.7 Å². The summed E-state index contributed by atoms with van der Waals surface area (Å²) in [5.74, 6) is 1.99. The van der Waals surface area contributed by atoms with E-state index in [1.807, 2.05) is 28.8 Å². The third-order valence-electron chi connectivity index (χ3n) is 6.22. The number of hydrogen-bond acceptors (Lipinski definition) is 4. The first-order valence-corrected chi connectivity index (χ1v) is 10.5. The van der Waals surface area contributed by atoms with Crippen molar-refractivity contribution >= 4 is 16.6 Å². The Balaban J connectivity index is 0.000000197. The number of benzene rings is 1. The Kier molecular flexibility index (Phi) is 6.89. The van der Waals surface area contributed by atoms with E-state index in [0.29, 0.717) is 0 Å². The van der Waals surface area contributed by atoms with E-state index < -0.39 is 0 Å². The highest BCUT2D eigenvalue weighted by atomic mass is 16.3. The minimum atomic E-state index is -0.00176. The third kappa shape index (κ3) is 4.52. The lowest BCUT2D eigenvalue weighted by Crippen LogP contribution is -2.29. The lowest BCUT2D eigenvalue weighted by molar-refractivity contribution is 0.279. The average Bonchev–Trinajstić information content (AvgIpc) is 3.01. The highest BCUT2D eigenvalue weighted by molar-refractivity contribution is 5.95. The second kappa shape index (κ2) is 9.36.